The molecule has 2 aromatic heterocycles. The third-order valence-electron chi connectivity index (χ3n) is 7.16. The number of benzene rings is 2. The van der Waals surface area contributed by atoms with Gasteiger partial charge in [-0.3, -0.25) is 14.8 Å². The van der Waals surface area contributed by atoms with Crippen LogP contribution in [0.5, 0.6) is 5.75 Å². The number of hydrogen-bond donors (Lipinski definition) is 1. The molecule has 4 aromatic rings. The van der Waals surface area contributed by atoms with Gasteiger partial charge in [0, 0.05) is 42.1 Å². The zero-order valence-corrected chi connectivity index (χ0v) is 22.6. The quantitative estimate of drug-likeness (QED) is 0.282. The first-order valence-corrected chi connectivity index (χ1v) is 13.6. The van der Waals surface area contributed by atoms with E-state index < -0.39 is 11.6 Å². The molecule has 1 fully saturated rings. The first kappa shape index (κ1) is 26.5. The summed E-state index contributed by atoms with van der Waals surface area (Å²) in [5.41, 5.74) is 2.32. The van der Waals surface area contributed by atoms with E-state index in [1.165, 1.54) is 0 Å². The molecule has 1 aliphatic carbocycles. The molecule has 0 spiro atoms. The average molecular weight is 557 g/mol. The van der Waals surface area contributed by atoms with E-state index in [-0.39, 0.29) is 38.5 Å². The molecular formula is C28H27ClF2N4O2S. The third kappa shape index (κ3) is 5.10. The topological polar surface area (TPSA) is 67.3 Å². The Morgan fingerprint density at radius 2 is 1.92 bits per heavy atom. The van der Waals surface area contributed by atoms with Gasteiger partial charge in [-0.15, -0.1) is 11.3 Å². The van der Waals surface area contributed by atoms with E-state index in [0.29, 0.717) is 17.5 Å². The fourth-order valence-corrected chi connectivity index (χ4v) is 6.61. The maximum absolute atomic E-state index is 14.6. The Morgan fingerprint density at radius 1 is 1.16 bits per heavy atom. The van der Waals surface area contributed by atoms with Crippen molar-refractivity contribution in [2.45, 2.75) is 44.3 Å². The number of rotatable bonds is 7. The maximum Gasteiger partial charge on any atom is 0.266 e. The molecule has 5 rings (SSSR count). The van der Waals surface area contributed by atoms with Gasteiger partial charge in [0.1, 0.15) is 22.3 Å². The van der Waals surface area contributed by atoms with Crippen molar-refractivity contribution in [3.8, 4) is 17.0 Å². The molecule has 0 aliphatic heterocycles. The molecule has 1 saturated carbocycles. The highest BCUT2D eigenvalue weighted by Gasteiger charge is 2.33. The summed E-state index contributed by atoms with van der Waals surface area (Å²) in [4.78, 5) is 24.5. The molecule has 2 heterocycles. The van der Waals surface area contributed by atoms with Crippen molar-refractivity contribution in [2.24, 2.45) is 0 Å². The number of fused-ring (bicyclic) bond motifs is 1. The summed E-state index contributed by atoms with van der Waals surface area (Å²) in [5, 5.41) is 3.21. The molecule has 6 nitrogen and oxygen atoms in total. The van der Waals surface area contributed by atoms with Crippen LogP contribution in [0.2, 0.25) is 5.02 Å². The van der Waals surface area contributed by atoms with Crippen LogP contribution in [0.3, 0.4) is 0 Å². The van der Waals surface area contributed by atoms with Crippen LogP contribution in [0.15, 0.2) is 48.9 Å². The molecule has 1 N–H and O–H groups in total. The number of amides is 1. The zero-order chi connectivity index (χ0) is 26.8. The molecule has 10 heteroatoms. The number of aromatic nitrogens is 2. The van der Waals surface area contributed by atoms with Gasteiger partial charge in [-0.2, -0.15) is 0 Å². The molecular weight excluding hydrogens is 530 g/mol. The zero-order valence-electron chi connectivity index (χ0n) is 21.0. The molecule has 1 aliphatic rings. The minimum Gasteiger partial charge on any atom is -0.496 e. The molecule has 38 heavy (non-hydrogen) atoms. The Hall–Kier alpha value is -3.14. The number of hydrogen-bond acceptors (Lipinski definition) is 6. The minimum absolute atomic E-state index is 0.0411. The van der Waals surface area contributed by atoms with Crippen molar-refractivity contribution in [3.63, 3.8) is 0 Å². The normalized spacial score (nSPS) is 17.5. The van der Waals surface area contributed by atoms with Gasteiger partial charge in [-0.25, -0.2) is 8.78 Å². The second-order valence-corrected chi connectivity index (χ2v) is 10.7. The number of nitrogens with one attached hydrogen (secondary N) is 1. The van der Waals surface area contributed by atoms with Crippen molar-refractivity contribution in [3.05, 3.63) is 76.0 Å². The lowest BCUT2D eigenvalue weighted by molar-refractivity contribution is 0.0604. The van der Waals surface area contributed by atoms with Crippen molar-refractivity contribution < 1.29 is 18.3 Å². The van der Waals surface area contributed by atoms with Crippen LogP contribution in [0.4, 0.5) is 8.78 Å². The minimum atomic E-state index is -0.652. The molecule has 0 atom stereocenters. The van der Waals surface area contributed by atoms with Gasteiger partial charge in [0.2, 0.25) is 0 Å². The van der Waals surface area contributed by atoms with Gasteiger partial charge in [-0.1, -0.05) is 11.6 Å². The highest BCUT2D eigenvalue weighted by atomic mass is 35.5. The molecule has 0 unspecified atom stereocenters. The number of thiophene rings is 1. The lowest BCUT2D eigenvalue weighted by Gasteiger charge is -2.37. The summed E-state index contributed by atoms with van der Waals surface area (Å²) >= 11 is 7.42. The molecule has 2 aromatic carbocycles. The number of carbonyl (C=O) groups is 1. The van der Waals surface area contributed by atoms with Crippen LogP contribution in [0.25, 0.3) is 21.3 Å². The summed E-state index contributed by atoms with van der Waals surface area (Å²) in [7, 11) is 3.52. The van der Waals surface area contributed by atoms with Gasteiger partial charge in [0.15, 0.2) is 0 Å². The Bertz CT molecular complexity index is 1460. The van der Waals surface area contributed by atoms with Crippen LogP contribution in [0, 0.1) is 11.6 Å². The van der Waals surface area contributed by atoms with Crippen molar-refractivity contribution in [1.82, 2.24) is 20.2 Å². The van der Waals surface area contributed by atoms with E-state index >= 15 is 0 Å². The van der Waals surface area contributed by atoms with E-state index in [2.05, 4.69) is 15.3 Å². The monoisotopic (exact) mass is 556 g/mol. The molecule has 198 valence electrons. The maximum atomic E-state index is 14.6. The summed E-state index contributed by atoms with van der Waals surface area (Å²) in [5.74, 6) is -0.985. The van der Waals surface area contributed by atoms with Crippen molar-refractivity contribution in [1.29, 1.82) is 0 Å². The number of ether oxygens (including phenoxy) is 1. The Kier molecular flexibility index (Phi) is 7.88. The third-order valence-corrected chi connectivity index (χ3v) is 8.84. The first-order valence-electron chi connectivity index (χ1n) is 12.4. The predicted molar refractivity (Wildman–Crippen MR) is 146 cm³/mol. The van der Waals surface area contributed by atoms with Crippen LogP contribution in [0.1, 0.15) is 40.9 Å². The fraction of sp³-hybridized carbons (Fsp3) is 0.321. The molecule has 0 bridgehead atoms. The number of carbonyl (C=O) groups excluding carboxylic acids is 1. The number of methoxy groups -OCH3 is 1. The Morgan fingerprint density at radius 3 is 2.58 bits per heavy atom. The van der Waals surface area contributed by atoms with E-state index in [1.807, 2.05) is 25.2 Å². The molecule has 0 saturated heterocycles. The lowest BCUT2D eigenvalue weighted by atomic mass is 9.89. The molecule has 1 amide bonds. The highest BCUT2D eigenvalue weighted by Crippen LogP contribution is 2.40. The van der Waals surface area contributed by atoms with E-state index in [0.717, 1.165) is 60.3 Å². The smallest absolute Gasteiger partial charge is 0.266 e. The average Bonchev–Trinajstić information content (AvgIpc) is 3.32. The predicted octanol–water partition coefficient (Wildman–Crippen LogP) is 6.47. The van der Waals surface area contributed by atoms with E-state index in [1.54, 1.807) is 30.6 Å². The van der Waals surface area contributed by atoms with Gasteiger partial charge >= 0.3 is 0 Å². The fourth-order valence-electron chi connectivity index (χ4n) is 5.10. The second kappa shape index (κ2) is 11.3. The van der Waals surface area contributed by atoms with Crippen molar-refractivity contribution >= 4 is 38.9 Å². The van der Waals surface area contributed by atoms with Crippen LogP contribution >= 0.6 is 22.9 Å². The van der Waals surface area contributed by atoms with Gasteiger partial charge in [-0.05, 0) is 63.1 Å². The van der Waals surface area contributed by atoms with E-state index in [4.69, 9.17) is 16.3 Å². The highest BCUT2D eigenvalue weighted by molar-refractivity contribution is 7.21. The van der Waals surface area contributed by atoms with Gasteiger partial charge in [0.25, 0.3) is 5.91 Å². The first-order chi connectivity index (χ1) is 18.4. The van der Waals surface area contributed by atoms with E-state index in [9.17, 15) is 13.6 Å². The summed E-state index contributed by atoms with van der Waals surface area (Å²) < 4.78 is 34.8. The summed E-state index contributed by atoms with van der Waals surface area (Å²) in [6.45, 7) is 0.237. The summed E-state index contributed by atoms with van der Waals surface area (Å²) in [6, 6.07) is 8.07. The Balaban J connectivity index is 1.56. The number of nitrogens with zero attached hydrogens (tertiary/aromatic N) is 3. The largest absolute Gasteiger partial charge is 0.496 e. The van der Waals surface area contributed by atoms with Crippen LogP contribution < -0.4 is 10.1 Å². The number of halogens is 3. The Labute approximate surface area is 228 Å². The summed E-state index contributed by atoms with van der Waals surface area (Å²) in [6.07, 6.45) is 8.29. The van der Waals surface area contributed by atoms with Gasteiger partial charge < -0.3 is 15.0 Å². The van der Waals surface area contributed by atoms with Crippen molar-refractivity contribution in [2.75, 3.05) is 14.2 Å². The lowest BCUT2D eigenvalue weighted by Crippen LogP contribution is -2.44. The second-order valence-electron chi connectivity index (χ2n) is 9.32. The van der Waals surface area contributed by atoms with Gasteiger partial charge in [0.05, 0.1) is 34.1 Å². The SMILES string of the molecule is CN[C@H]1CC[C@H](N(Cc2cc(-c3cnccn3)ccc2OC)C(=O)c2sc3c(F)ccc(F)c3c2Cl)CC1. The standard InChI is InChI=1S/C28H27ClF2N4O2S/c1-32-18-4-6-19(7-5-18)35(28(36)27-25(29)24-20(30)8-9-21(31)26(24)38-27)15-17-13-16(3-10-23(17)37-2)22-14-33-11-12-34-22/h3,8-14,18-19,32H,4-7,15H2,1-2H3/t18-,19-. The van der Waals surface area contributed by atoms with Crippen LogP contribution in [-0.2, 0) is 6.54 Å². The molecule has 0 radical (unpaired) electrons. The van der Waals surface area contributed by atoms with Crippen LogP contribution in [-0.4, -0.2) is 47.0 Å².